The first-order valence-electron chi connectivity index (χ1n) is 6.15. The lowest BCUT2D eigenvalue weighted by Crippen LogP contribution is -2.23. The molecule has 20 heavy (non-hydrogen) atoms. The van der Waals surface area contributed by atoms with Gasteiger partial charge in [0.15, 0.2) is 0 Å². The van der Waals surface area contributed by atoms with Gasteiger partial charge in [0, 0.05) is 7.05 Å². The van der Waals surface area contributed by atoms with Crippen molar-refractivity contribution in [1.82, 2.24) is 19.9 Å². The summed E-state index contributed by atoms with van der Waals surface area (Å²) in [5.41, 5.74) is 1.72. The molecular formula is C13H13FN4OS. The predicted molar refractivity (Wildman–Crippen MR) is 73.5 cm³/mol. The van der Waals surface area contributed by atoms with Gasteiger partial charge in [0.25, 0.3) is 0 Å². The van der Waals surface area contributed by atoms with E-state index in [2.05, 4.69) is 10.3 Å². The summed E-state index contributed by atoms with van der Waals surface area (Å²) < 4.78 is 14.5. The molecule has 1 aliphatic rings. The molecule has 1 atom stereocenters. The van der Waals surface area contributed by atoms with Crippen molar-refractivity contribution < 1.29 is 9.18 Å². The maximum absolute atomic E-state index is 12.8. The molecule has 0 saturated carbocycles. The minimum absolute atomic E-state index is 0.0653. The fourth-order valence-electron chi connectivity index (χ4n) is 2.06. The number of thioether (sulfide) groups is 1. The Hall–Kier alpha value is -1.89. The largest absolute Gasteiger partial charge is 0.327 e. The highest BCUT2D eigenvalue weighted by Gasteiger charge is 2.31. The molecule has 0 radical (unpaired) electrons. The number of halogens is 1. The molecule has 5 nitrogen and oxygen atoms in total. The van der Waals surface area contributed by atoms with Gasteiger partial charge in [-0.1, -0.05) is 17.3 Å². The predicted octanol–water partition coefficient (Wildman–Crippen LogP) is 1.67. The minimum atomic E-state index is -0.254. The van der Waals surface area contributed by atoms with Crippen LogP contribution >= 0.6 is 11.8 Å². The number of carbonyl (C=O) groups is 1. The average molecular weight is 292 g/mol. The summed E-state index contributed by atoms with van der Waals surface area (Å²) >= 11 is 1.54. The van der Waals surface area contributed by atoms with E-state index in [0.29, 0.717) is 12.3 Å². The van der Waals surface area contributed by atoms with Crippen LogP contribution in [-0.2, 0) is 11.3 Å². The van der Waals surface area contributed by atoms with E-state index in [1.165, 1.54) is 12.1 Å². The number of hydrogen-bond acceptors (Lipinski definition) is 4. The van der Waals surface area contributed by atoms with Gasteiger partial charge in [0.05, 0.1) is 18.5 Å². The zero-order valence-corrected chi connectivity index (χ0v) is 11.7. The molecule has 1 aromatic carbocycles. The van der Waals surface area contributed by atoms with Gasteiger partial charge in [0.1, 0.15) is 16.9 Å². The van der Waals surface area contributed by atoms with Crippen molar-refractivity contribution in [2.24, 2.45) is 0 Å². The van der Waals surface area contributed by atoms with Crippen LogP contribution in [0.4, 0.5) is 4.39 Å². The van der Waals surface area contributed by atoms with Crippen molar-refractivity contribution in [2.75, 3.05) is 12.8 Å². The van der Waals surface area contributed by atoms with Crippen LogP contribution in [0.1, 0.15) is 16.6 Å². The van der Waals surface area contributed by atoms with Gasteiger partial charge in [-0.15, -0.1) is 16.9 Å². The molecule has 104 valence electrons. The summed E-state index contributed by atoms with van der Waals surface area (Å²) in [6.07, 6.45) is 1.83. The Labute approximate surface area is 119 Å². The fourth-order valence-corrected chi connectivity index (χ4v) is 3.18. The van der Waals surface area contributed by atoms with Gasteiger partial charge in [0.2, 0.25) is 5.91 Å². The van der Waals surface area contributed by atoms with E-state index in [1.807, 2.05) is 6.20 Å². The number of nitrogens with zero attached hydrogens (tertiary/aromatic N) is 4. The van der Waals surface area contributed by atoms with Gasteiger partial charge in [-0.05, 0) is 17.7 Å². The van der Waals surface area contributed by atoms with E-state index < -0.39 is 0 Å². The topological polar surface area (TPSA) is 51.0 Å². The maximum Gasteiger partial charge on any atom is 0.233 e. The molecule has 0 bridgehead atoms. The smallest absolute Gasteiger partial charge is 0.233 e. The van der Waals surface area contributed by atoms with E-state index in [1.54, 1.807) is 40.5 Å². The Bertz CT molecular complexity index is 628. The Morgan fingerprint density at radius 1 is 1.40 bits per heavy atom. The quantitative estimate of drug-likeness (QED) is 0.863. The van der Waals surface area contributed by atoms with Crippen LogP contribution in [0, 0.1) is 5.82 Å². The number of amides is 1. The third-order valence-corrected chi connectivity index (χ3v) is 4.46. The van der Waals surface area contributed by atoms with Crippen molar-refractivity contribution in [2.45, 2.75) is 11.9 Å². The molecule has 1 fully saturated rings. The highest BCUT2D eigenvalue weighted by molar-refractivity contribution is 8.00. The Morgan fingerprint density at radius 2 is 2.15 bits per heavy atom. The second-order valence-corrected chi connectivity index (χ2v) is 5.70. The number of hydrogen-bond donors (Lipinski definition) is 0. The molecule has 1 amide bonds. The molecule has 0 N–H and O–H groups in total. The second-order valence-electron chi connectivity index (χ2n) is 4.64. The third kappa shape index (κ3) is 2.53. The van der Waals surface area contributed by atoms with Crippen LogP contribution in [0.15, 0.2) is 30.5 Å². The van der Waals surface area contributed by atoms with Crippen molar-refractivity contribution in [1.29, 1.82) is 0 Å². The Balaban J connectivity index is 1.74. The van der Waals surface area contributed by atoms with Crippen LogP contribution in [0.5, 0.6) is 0 Å². The molecule has 0 spiro atoms. The summed E-state index contributed by atoms with van der Waals surface area (Å²) in [6.45, 7) is 0.530. The average Bonchev–Trinajstić information content (AvgIpc) is 3.01. The number of aromatic nitrogens is 3. The van der Waals surface area contributed by atoms with Gasteiger partial charge in [-0.2, -0.15) is 0 Å². The normalized spacial score (nSPS) is 18.8. The first kappa shape index (κ1) is 13.1. The molecule has 1 saturated heterocycles. The van der Waals surface area contributed by atoms with Crippen LogP contribution in [0.2, 0.25) is 0 Å². The zero-order valence-electron chi connectivity index (χ0n) is 10.9. The third-order valence-electron chi connectivity index (χ3n) is 3.18. The van der Waals surface area contributed by atoms with Crippen molar-refractivity contribution in [3.05, 3.63) is 47.5 Å². The molecule has 1 aliphatic heterocycles. The van der Waals surface area contributed by atoms with Crippen molar-refractivity contribution >= 4 is 17.7 Å². The highest BCUT2D eigenvalue weighted by atomic mass is 32.2. The Morgan fingerprint density at radius 3 is 2.80 bits per heavy atom. The van der Waals surface area contributed by atoms with Crippen LogP contribution in [-0.4, -0.2) is 38.6 Å². The molecular weight excluding hydrogens is 279 g/mol. The van der Waals surface area contributed by atoms with Gasteiger partial charge in [-0.3, -0.25) is 4.79 Å². The van der Waals surface area contributed by atoms with Gasteiger partial charge in [-0.25, -0.2) is 9.07 Å². The summed E-state index contributed by atoms with van der Waals surface area (Å²) in [5.74, 6) is 0.329. The minimum Gasteiger partial charge on any atom is -0.327 e. The molecule has 0 aliphatic carbocycles. The second kappa shape index (κ2) is 5.24. The van der Waals surface area contributed by atoms with E-state index in [4.69, 9.17) is 0 Å². The molecule has 2 heterocycles. The zero-order chi connectivity index (χ0) is 14.1. The van der Waals surface area contributed by atoms with E-state index in [0.717, 1.165) is 11.3 Å². The monoisotopic (exact) mass is 292 g/mol. The molecule has 2 aromatic rings. The SMILES string of the molecule is CN1C(=O)CS[C@@H]1c1cn(Cc2ccc(F)cc2)nn1. The van der Waals surface area contributed by atoms with Gasteiger partial charge < -0.3 is 4.90 Å². The first-order valence-corrected chi connectivity index (χ1v) is 7.20. The summed E-state index contributed by atoms with van der Waals surface area (Å²) in [5, 5.41) is 8.12. The van der Waals surface area contributed by atoms with E-state index in [9.17, 15) is 9.18 Å². The molecule has 7 heteroatoms. The van der Waals surface area contributed by atoms with E-state index in [-0.39, 0.29) is 17.1 Å². The first-order chi connectivity index (χ1) is 9.63. The summed E-state index contributed by atoms with van der Waals surface area (Å²) in [4.78, 5) is 13.2. The van der Waals surface area contributed by atoms with Crippen molar-refractivity contribution in [3.8, 4) is 0 Å². The molecule has 1 aromatic heterocycles. The molecule has 3 rings (SSSR count). The Kier molecular flexibility index (Phi) is 3.43. The van der Waals surface area contributed by atoms with Crippen LogP contribution in [0.3, 0.4) is 0 Å². The lowest BCUT2D eigenvalue weighted by atomic mass is 10.2. The molecule has 0 unspecified atom stereocenters. The van der Waals surface area contributed by atoms with Crippen LogP contribution in [0.25, 0.3) is 0 Å². The lowest BCUT2D eigenvalue weighted by molar-refractivity contribution is -0.126. The fraction of sp³-hybridized carbons (Fsp3) is 0.308. The standard InChI is InChI=1S/C13H13FN4OS/c1-17-12(19)8-20-13(17)11-7-18(16-15-11)6-9-2-4-10(14)5-3-9/h2-5,7,13H,6,8H2,1H3/t13-/m1/s1. The van der Waals surface area contributed by atoms with Crippen molar-refractivity contribution in [3.63, 3.8) is 0 Å². The van der Waals surface area contributed by atoms with E-state index >= 15 is 0 Å². The number of benzene rings is 1. The lowest BCUT2D eigenvalue weighted by Gasteiger charge is -2.15. The highest BCUT2D eigenvalue weighted by Crippen LogP contribution is 2.35. The maximum atomic E-state index is 12.8. The van der Waals surface area contributed by atoms with Crippen LogP contribution < -0.4 is 0 Å². The summed E-state index contributed by atoms with van der Waals surface area (Å²) in [7, 11) is 1.77. The number of rotatable bonds is 3. The number of carbonyl (C=O) groups excluding carboxylic acids is 1. The summed E-state index contributed by atoms with van der Waals surface area (Å²) in [6, 6.07) is 6.28. The van der Waals surface area contributed by atoms with Gasteiger partial charge >= 0.3 is 0 Å².